The molecule has 41 heavy (non-hydrogen) atoms. The number of ether oxygens (including phenoxy) is 5. The molecular weight excluding hydrogens is 536 g/mol. The molecule has 2 aromatic rings. The number of methoxy groups -OCH3 is 1. The predicted molar refractivity (Wildman–Crippen MR) is 146 cm³/mol. The molecule has 0 aromatic carbocycles. The molecule has 2 aromatic heterocycles. The highest BCUT2D eigenvalue weighted by Crippen LogP contribution is 2.35. The second kappa shape index (κ2) is 15.3. The minimum atomic E-state index is -1.97. The number of nitrogens with one attached hydrogen (secondary N) is 1. The summed E-state index contributed by atoms with van der Waals surface area (Å²) in [7, 11) is 1.25. The van der Waals surface area contributed by atoms with Gasteiger partial charge in [-0.2, -0.15) is 10.4 Å². The molecule has 0 spiro atoms. The fraction of sp³-hybridized carbons (Fsp3) is 0.630. The van der Waals surface area contributed by atoms with Gasteiger partial charge in [0.1, 0.15) is 24.0 Å². The topological polar surface area (TPSA) is 189 Å². The van der Waals surface area contributed by atoms with E-state index in [2.05, 4.69) is 21.5 Å². The van der Waals surface area contributed by atoms with Crippen LogP contribution in [-0.4, -0.2) is 77.3 Å². The van der Waals surface area contributed by atoms with E-state index in [1.807, 2.05) is 6.92 Å². The molecule has 2 rings (SSSR count). The predicted octanol–water partition coefficient (Wildman–Crippen LogP) is 1.93. The van der Waals surface area contributed by atoms with E-state index in [0.29, 0.717) is 11.9 Å². The number of nitriles is 1. The summed E-state index contributed by atoms with van der Waals surface area (Å²) in [6.07, 6.45) is -0.987. The lowest BCUT2D eigenvalue weighted by Crippen LogP contribution is -2.54. The summed E-state index contributed by atoms with van der Waals surface area (Å²) in [4.78, 5) is 41.9. The Bertz CT molecular complexity index is 1230. The van der Waals surface area contributed by atoms with Crippen LogP contribution in [0, 0.1) is 23.2 Å². The van der Waals surface area contributed by atoms with Gasteiger partial charge in [0.25, 0.3) is 0 Å². The summed E-state index contributed by atoms with van der Waals surface area (Å²) in [6, 6.07) is 4.56. The molecule has 0 saturated heterocycles. The number of aromatic nitrogens is 3. The highest BCUT2D eigenvalue weighted by atomic mass is 16.6. The highest BCUT2D eigenvalue weighted by Gasteiger charge is 2.51. The van der Waals surface area contributed by atoms with E-state index in [-0.39, 0.29) is 24.8 Å². The quantitative estimate of drug-likeness (QED) is 0.128. The molecule has 0 amide bonds. The van der Waals surface area contributed by atoms with Crippen LogP contribution in [0.5, 0.6) is 0 Å². The van der Waals surface area contributed by atoms with Gasteiger partial charge in [-0.15, -0.1) is 0 Å². The SMILES string of the molecule is CCCOC(=O)[C@H](C)NCOCC(C#N)(OC)[C@@H](OC(=O)C(C)C)[C@@H](OC(=O)C(C)C)c1ccc2c(N)ncnn12. The summed E-state index contributed by atoms with van der Waals surface area (Å²) in [5.41, 5.74) is 4.70. The molecule has 0 saturated carbocycles. The lowest BCUT2D eigenvalue weighted by Gasteiger charge is -2.37. The Hall–Kier alpha value is -3.80. The molecule has 0 radical (unpaired) electrons. The third-order valence-corrected chi connectivity index (χ3v) is 6.13. The van der Waals surface area contributed by atoms with Gasteiger partial charge in [-0.25, -0.2) is 9.50 Å². The van der Waals surface area contributed by atoms with Crippen molar-refractivity contribution in [2.75, 3.05) is 32.8 Å². The summed E-state index contributed by atoms with van der Waals surface area (Å²) in [5, 5.41) is 17.5. The number of hydrogen-bond donors (Lipinski definition) is 2. The smallest absolute Gasteiger partial charge is 0.322 e. The van der Waals surface area contributed by atoms with E-state index < -0.39 is 60.2 Å². The van der Waals surface area contributed by atoms with Gasteiger partial charge in [0.2, 0.25) is 5.60 Å². The summed E-state index contributed by atoms with van der Waals surface area (Å²) < 4.78 is 29.6. The lowest BCUT2D eigenvalue weighted by molar-refractivity contribution is -0.201. The van der Waals surface area contributed by atoms with Gasteiger partial charge >= 0.3 is 17.9 Å². The molecule has 1 unspecified atom stereocenters. The molecule has 0 fully saturated rings. The summed E-state index contributed by atoms with van der Waals surface area (Å²) in [5.74, 6) is -2.74. The number of anilines is 1. The zero-order chi connectivity index (χ0) is 30.7. The van der Waals surface area contributed by atoms with Crippen molar-refractivity contribution in [1.29, 1.82) is 5.26 Å². The Balaban J connectivity index is 2.51. The number of fused-ring (bicyclic) bond motifs is 1. The first-order chi connectivity index (χ1) is 19.4. The maximum Gasteiger partial charge on any atom is 0.322 e. The van der Waals surface area contributed by atoms with E-state index in [1.54, 1.807) is 46.8 Å². The Morgan fingerprint density at radius 2 is 1.76 bits per heavy atom. The molecule has 0 aliphatic heterocycles. The number of carbonyl (C=O) groups excluding carboxylic acids is 3. The van der Waals surface area contributed by atoms with E-state index in [0.717, 1.165) is 0 Å². The number of rotatable bonds is 16. The van der Waals surface area contributed by atoms with Crippen LogP contribution in [0.3, 0.4) is 0 Å². The normalized spacial score (nSPS) is 15.1. The molecule has 0 aliphatic rings. The largest absolute Gasteiger partial charge is 0.465 e. The highest BCUT2D eigenvalue weighted by molar-refractivity contribution is 5.75. The number of nitrogens with zero attached hydrogens (tertiary/aromatic N) is 4. The second-order valence-corrected chi connectivity index (χ2v) is 10.0. The molecule has 3 N–H and O–H groups in total. The van der Waals surface area contributed by atoms with Crippen LogP contribution in [0.25, 0.3) is 5.52 Å². The first kappa shape index (κ1) is 33.4. The van der Waals surface area contributed by atoms with E-state index in [4.69, 9.17) is 29.4 Å². The van der Waals surface area contributed by atoms with Gasteiger partial charge in [-0.1, -0.05) is 34.6 Å². The van der Waals surface area contributed by atoms with Gasteiger partial charge in [0.15, 0.2) is 18.0 Å². The Labute approximate surface area is 239 Å². The van der Waals surface area contributed by atoms with Crippen molar-refractivity contribution in [2.24, 2.45) is 11.8 Å². The summed E-state index contributed by atoms with van der Waals surface area (Å²) in [6.45, 7) is 9.69. The molecule has 226 valence electrons. The Morgan fingerprint density at radius 3 is 2.34 bits per heavy atom. The van der Waals surface area contributed by atoms with Crippen molar-refractivity contribution in [3.63, 3.8) is 0 Å². The van der Waals surface area contributed by atoms with Crippen LogP contribution in [0.15, 0.2) is 18.5 Å². The van der Waals surface area contributed by atoms with E-state index in [9.17, 15) is 19.6 Å². The van der Waals surface area contributed by atoms with Crippen LogP contribution in [0.1, 0.15) is 59.8 Å². The number of carbonyl (C=O) groups is 3. The zero-order valence-corrected chi connectivity index (χ0v) is 24.6. The molecule has 2 heterocycles. The second-order valence-electron chi connectivity index (χ2n) is 10.0. The number of nitrogens with two attached hydrogens (primary N) is 1. The minimum absolute atomic E-state index is 0.162. The third kappa shape index (κ3) is 8.35. The monoisotopic (exact) mass is 576 g/mol. The standard InChI is InChI=1S/C27H40N6O8/c1-8-11-39-26(36)18(6)31-15-38-13-27(12-28,37-7)22(41-25(35)17(4)5)21(40-24(34)16(2)3)19-9-10-20-23(29)30-14-32-33(19)20/h9-10,14,16-18,21-22,31H,8,11,13,15H2,1-7H3,(H2,29,30,32)/t18-,21-,22-,27?/m0/s1. The molecule has 14 heteroatoms. The molecule has 4 atom stereocenters. The average molecular weight is 577 g/mol. The lowest BCUT2D eigenvalue weighted by atomic mass is 9.92. The van der Waals surface area contributed by atoms with E-state index in [1.165, 1.54) is 18.0 Å². The Kier molecular flexibility index (Phi) is 12.4. The minimum Gasteiger partial charge on any atom is -0.465 e. The van der Waals surface area contributed by atoms with Crippen LogP contribution < -0.4 is 11.1 Å². The van der Waals surface area contributed by atoms with Gasteiger partial charge in [-0.05, 0) is 25.5 Å². The Morgan fingerprint density at radius 1 is 1.10 bits per heavy atom. The fourth-order valence-corrected chi connectivity index (χ4v) is 3.59. The number of nitrogen functional groups attached to an aromatic ring is 1. The molecule has 0 aliphatic carbocycles. The van der Waals surface area contributed by atoms with Gasteiger partial charge in [0, 0.05) is 7.11 Å². The molecular formula is C27H40N6O8. The van der Waals surface area contributed by atoms with Gasteiger partial charge < -0.3 is 29.4 Å². The third-order valence-electron chi connectivity index (χ3n) is 6.13. The number of esters is 3. The zero-order valence-electron chi connectivity index (χ0n) is 24.6. The van der Waals surface area contributed by atoms with Crippen molar-refractivity contribution in [3.8, 4) is 6.07 Å². The average Bonchev–Trinajstić information content (AvgIpc) is 3.38. The van der Waals surface area contributed by atoms with Crippen molar-refractivity contribution in [3.05, 3.63) is 24.2 Å². The van der Waals surface area contributed by atoms with Gasteiger partial charge in [-0.3, -0.25) is 19.7 Å². The molecule has 0 bridgehead atoms. The maximum atomic E-state index is 12.9. The van der Waals surface area contributed by atoms with Crippen LogP contribution in [0.4, 0.5) is 5.82 Å². The van der Waals surface area contributed by atoms with Crippen molar-refractivity contribution in [1.82, 2.24) is 19.9 Å². The van der Waals surface area contributed by atoms with E-state index >= 15 is 0 Å². The maximum absolute atomic E-state index is 12.9. The molecule has 14 nitrogen and oxygen atoms in total. The van der Waals surface area contributed by atoms with Crippen molar-refractivity contribution in [2.45, 2.75) is 71.8 Å². The van der Waals surface area contributed by atoms with Crippen molar-refractivity contribution >= 4 is 29.2 Å². The fourth-order valence-electron chi connectivity index (χ4n) is 3.59. The first-order valence-corrected chi connectivity index (χ1v) is 13.4. The number of hydrogen-bond acceptors (Lipinski definition) is 13. The van der Waals surface area contributed by atoms with Crippen LogP contribution in [0.2, 0.25) is 0 Å². The van der Waals surface area contributed by atoms with Crippen LogP contribution in [-0.2, 0) is 38.1 Å². The van der Waals surface area contributed by atoms with Crippen molar-refractivity contribution < 1.29 is 38.1 Å². The van der Waals surface area contributed by atoms with Gasteiger partial charge in [0.05, 0.1) is 37.5 Å². The first-order valence-electron chi connectivity index (χ1n) is 13.4. The van der Waals surface area contributed by atoms with Crippen LogP contribution >= 0.6 is 0 Å². The summed E-state index contributed by atoms with van der Waals surface area (Å²) >= 11 is 0.